The number of amides is 1. The van der Waals surface area contributed by atoms with Crippen LogP contribution in [-0.4, -0.2) is 20.8 Å². The molecule has 1 aromatic carbocycles. The van der Waals surface area contributed by atoms with Crippen molar-refractivity contribution >= 4 is 28.9 Å². The number of carbonyl (C=O) groups excluding carboxylic acids is 1. The molecule has 0 unspecified atom stereocenters. The van der Waals surface area contributed by atoms with Crippen molar-refractivity contribution in [2.75, 3.05) is 5.32 Å². The fraction of sp³-hybridized carbons (Fsp3) is 0. The molecule has 2 aromatic rings. The number of hydrogen-bond acceptors (Lipinski definition) is 5. The summed E-state index contributed by atoms with van der Waals surface area (Å²) in [4.78, 5) is 48.9. The van der Waals surface area contributed by atoms with E-state index in [1.54, 1.807) is 29.2 Å². The number of hydrogen-bond donors (Lipinski definition) is 3. The zero-order valence-electron chi connectivity index (χ0n) is 10.9. The number of fused-ring (bicyclic) bond motifs is 1. The second kappa shape index (κ2) is 4.81. The van der Waals surface area contributed by atoms with Crippen molar-refractivity contribution in [2.45, 2.75) is 0 Å². The molecular weight excluding hydrogens is 292 g/mol. The van der Waals surface area contributed by atoms with Crippen LogP contribution in [0.25, 0.3) is 11.6 Å². The molecule has 3 N–H and O–H groups in total. The Morgan fingerprint density at radius 1 is 1.09 bits per heavy atom. The molecule has 0 saturated carbocycles. The van der Waals surface area contributed by atoms with Crippen molar-refractivity contribution < 1.29 is 9.72 Å². The molecule has 1 aliphatic heterocycles. The molecule has 0 fully saturated rings. The molecule has 0 spiro atoms. The summed E-state index contributed by atoms with van der Waals surface area (Å²) in [6.07, 6.45) is 1.12. The fourth-order valence-corrected chi connectivity index (χ4v) is 2.21. The van der Waals surface area contributed by atoms with Gasteiger partial charge in [0, 0.05) is 11.3 Å². The normalized spacial score (nSPS) is 14.7. The van der Waals surface area contributed by atoms with Gasteiger partial charge in [-0.3, -0.25) is 24.7 Å². The highest BCUT2D eigenvalue weighted by molar-refractivity contribution is 6.34. The Morgan fingerprint density at radius 3 is 2.55 bits per heavy atom. The van der Waals surface area contributed by atoms with Gasteiger partial charge in [0.25, 0.3) is 5.91 Å². The maximum absolute atomic E-state index is 12.0. The molecule has 110 valence electrons. The zero-order chi connectivity index (χ0) is 15.9. The number of nitrogens with zero attached hydrogens (tertiary/aromatic N) is 1. The van der Waals surface area contributed by atoms with Crippen LogP contribution in [0, 0.1) is 10.1 Å². The summed E-state index contributed by atoms with van der Waals surface area (Å²) in [5.74, 6) is -0.475. The minimum atomic E-state index is -1.13. The lowest BCUT2D eigenvalue weighted by molar-refractivity contribution is -0.386. The summed E-state index contributed by atoms with van der Waals surface area (Å²) in [7, 11) is 0. The van der Waals surface area contributed by atoms with E-state index in [9.17, 15) is 24.5 Å². The fourth-order valence-electron chi connectivity index (χ4n) is 2.21. The molecular formula is C13H8N4O5. The predicted octanol–water partition coefficient (Wildman–Crippen LogP) is 0.464. The predicted molar refractivity (Wildman–Crippen MR) is 77.3 cm³/mol. The van der Waals surface area contributed by atoms with Gasteiger partial charge in [0.15, 0.2) is 0 Å². The third kappa shape index (κ3) is 2.10. The van der Waals surface area contributed by atoms with Gasteiger partial charge < -0.3 is 10.3 Å². The quantitative estimate of drug-likeness (QED) is 0.420. The van der Waals surface area contributed by atoms with Crippen LogP contribution in [0.1, 0.15) is 11.3 Å². The van der Waals surface area contributed by atoms with Crippen LogP contribution >= 0.6 is 0 Å². The molecule has 0 saturated heterocycles. The maximum Gasteiger partial charge on any atom is 0.357 e. The van der Waals surface area contributed by atoms with Crippen molar-refractivity contribution in [1.29, 1.82) is 0 Å². The van der Waals surface area contributed by atoms with E-state index in [-0.39, 0.29) is 11.3 Å². The number of rotatable bonds is 2. The van der Waals surface area contributed by atoms with Crippen molar-refractivity contribution in [1.82, 2.24) is 9.97 Å². The number of anilines is 1. The summed E-state index contributed by atoms with van der Waals surface area (Å²) in [5, 5.41) is 13.6. The standard InChI is InChI=1S/C13H8N4O5/c18-11-7(6-3-1-2-4-8(6)14-11)5-9-10(17(21)22)12(19)16-13(20)15-9/h1-5H,(H,14,18)(H2,15,16,19,20)/b7-5+. The molecule has 1 aliphatic rings. The van der Waals surface area contributed by atoms with Crippen LogP contribution in [0.15, 0.2) is 33.9 Å². The van der Waals surface area contributed by atoms with Crippen molar-refractivity contribution in [3.05, 3.63) is 66.5 Å². The highest BCUT2D eigenvalue weighted by Gasteiger charge is 2.26. The molecule has 1 amide bonds. The summed E-state index contributed by atoms with van der Waals surface area (Å²) in [6, 6.07) is 6.74. The first kappa shape index (κ1) is 13.5. The van der Waals surface area contributed by atoms with Gasteiger partial charge in [-0.15, -0.1) is 0 Å². The van der Waals surface area contributed by atoms with E-state index in [0.29, 0.717) is 11.3 Å². The maximum atomic E-state index is 12.0. The SMILES string of the molecule is O=C1Nc2ccccc2/C1=C\c1[nH]c(=O)[nH]c(=O)c1[N+](=O)[O-]. The van der Waals surface area contributed by atoms with E-state index in [0.717, 1.165) is 6.08 Å². The average molecular weight is 300 g/mol. The first-order chi connectivity index (χ1) is 10.5. The van der Waals surface area contributed by atoms with Crippen LogP contribution in [0.4, 0.5) is 11.4 Å². The number of H-pyrrole nitrogens is 2. The number of nitrogens with one attached hydrogen (secondary N) is 3. The number of carbonyl (C=O) groups is 1. The lowest BCUT2D eigenvalue weighted by Gasteiger charge is -1.99. The number of aromatic amines is 2. The van der Waals surface area contributed by atoms with Gasteiger partial charge in [0.05, 0.1) is 10.5 Å². The number of nitro groups is 1. The largest absolute Gasteiger partial charge is 0.357 e. The highest BCUT2D eigenvalue weighted by atomic mass is 16.6. The molecule has 0 bridgehead atoms. The third-order valence-electron chi connectivity index (χ3n) is 3.13. The molecule has 3 rings (SSSR count). The van der Waals surface area contributed by atoms with Crippen LogP contribution in [0.5, 0.6) is 0 Å². The molecule has 0 aliphatic carbocycles. The second-order valence-electron chi connectivity index (χ2n) is 4.49. The van der Waals surface area contributed by atoms with Gasteiger partial charge in [0.1, 0.15) is 5.69 Å². The number of aromatic nitrogens is 2. The molecule has 22 heavy (non-hydrogen) atoms. The molecule has 1 aromatic heterocycles. The van der Waals surface area contributed by atoms with Crippen molar-refractivity contribution in [2.24, 2.45) is 0 Å². The molecule has 0 atom stereocenters. The van der Waals surface area contributed by atoms with Gasteiger partial charge in [-0.2, -0.15) is 0 Å². The highest BCUT2D eigenvalue weighted by Crippen LogP contribution is 2.32. The van der Waals surface area contributed by atoms with Crippen LogP contribution in [0.2, 0.25) is 0 Å². The monoisotopic (exact) mass is 300 g/mol. The Labute approximate surface area is 121 Å². The summed E-state index contributed by atoms with van der Waals surface area (Å²) < 4.78 is 0. The van der Waals surface area contributed by atoms with Crippen LogP contribution in [-0.2, 0) is 4.79 Å². The van der Waals surface area contributed by atoms with Crippen molar-refractivity contribution in [3.63, 3.8) is 0 Å². The minimum Gasteiger partial charge on any atom is -0.321 e. The van der Waals surface area contributed by atoms with Crippen LogP contribution < -0.4 is 16.6 Å². The summed E-state index contributed by atoms with van der Waals surface area (Å²) in [6.45, 7) is 0. The second-order valence-corrected chi connectivity index (χ2v) is 4.49. The van der Waals surface area contributed by atoms with Crippen LogP contribution in [0.3, 0.4) is 0 Å². The Kier molecular flexibility index (Phi) is 2.95. The third-order valence-corrected chi connectivity index (χ3v) is 3.13. The van der Waals surface area contributed by atoms with Gasteiger partial charge in [-0.25, -0.2) is 4.79 Å². The number of para-hydroxylation sites is 1. The average Bonchev–Trinajstić information content (AvgIpc) is 2.74. The lowest BCUT2D eigenvalue weighted by Crippen LogP contribution is -2.25. The minimum absolute atomic E-state index is 0.125. The zero-order valence-corrected chi connectivity index (χ0v) is 10.9. The number of benzene rings is 1. The molecule has 0 radical (unpaired) electrons. The Morgan fingerprint density at radius 2 is 1.82 bits per heavy atom. The Hall–Kier alpha value is -3.49. The lowest BCUT2D eigenvalue weighted by atomic mass is 10.1. The van der Waals surface area contributed by atoms with E-state index in [1.807, 2.05) is 0 Å². The molecule has 9 heteroatoms. The van der Waals surface area contributed by atoms with E-state index < -0.39 is 27.8 Å². The van der Waals surface area contributed by atoms with E-state index in [2.05, 4.69) is 10.3 Å². The summed E-state index contributed by atoms with van der Waals surface area (Å²) >= 11 is 0. The van der Waals surface area contributed by atoms with Gasteiger partial charge in [0.2, 0.25) is 0 Å². The molecule has 2 heterocycles. The van der Waals surface area contributed by atoms with Gasteiger partial charge in [-0.1, -0.05) is 18.2 Å². The Bertz CT molecular complexity index is 953. The molecule has 9 nitrogen and oxygen atoms in total. The van der Waals surface area contributed by atoms with Gasteiger partial charge >= 0.3 is 16.9 Å². The summed E-state index contributed by atoms with van der Waals surface area (Å²) in [5.41, 5.74) is -1.98. The van der Waals surface area contributed by atoms with E-state index in [4.69, 9.17) is 0 Å². The van der Waals surface area contributed by atoms with Crippen molar-refractivity contribution in [3.8, 4) is 0 Å². The Balaban J connectivity index is 2.26. The van der Waals surface area contributed by atoms with E-state index >= 15 is 0 Å². The van der Waals surface area contributed by atoms with E-state index in [1.165, 1.54) is 0 Å². The first-order valence-electron chi connectivity index (χ1n) is 6.11. The first-order valence-corrected chi connectivity index (χ1v) is 6.11. The smallest absolute Gasteiger partial charge is 0.321 e. The van der Waals surface area contributed by atoms with Gasteiger partial charge in [-0.05, 0) is 12.1 Å². The topological polar surface area (TPSA) is 138 Å².